The molecule has 1 aromatic carbocycles. The molecule has 3 heteroatoms. The van der Waals surface area contributed by atoms with Crippen molar-refractivity contribution in [2.75, 3.05) is 0 Å². The first kappa shape index (κ1) is 14.3. The second-order valence-electron chi connectivity index (χ2n) is 4.82. The number of allylic oxidation sites excluding steroid dienone is 4. The van der Waals surface area contributed by atoms with Gasteiger partial charge in [0.05, 0.1) is 11.1 Å². The van der Waals surface area contributed by atoms with Crippen LogP contribution >= 0.6 is 0 Å². The number of carbonyl (C=O) groups is 2. The first-order chi connectivity index (χ1) is 9.67. The highest BCUT2D eigenvalue weighted by molar-refractivity contribution is 6.21. The predicted octanol–water partition coefficient (Wildman–Crippen LogP) is 3.59. The van der Waals surface area contributed by atoms with Gasteiger partial charge in [0, 0.05) is 5.92 Å². The highest BCUT2D eigenvalue weighted by Gasteiger charge is 2.27. The van der Waals surface area contributed by atoms with E-state index in [0.717, 1.165) is 18.4 Å². The van der Waals surface area contributed by atoms with E-state index in [1.54, 1.807) is 6.07 Å². The number of imide groups is 1. The van der Waals surface area contributed by atoms with Crippen LogP contribution < -0.4 is 5.32 Å². The number of fused-ring (bicyclic) bond motifs is 1. The minimum atomic E-state index is -0.300. The van der Waals surface area contributed by atoms with Crippen LogP contribution in [0.3, 0.4) is 0 Å². The van der Waals surface area contributed by atoms with E-state index in [-0.39, 0.29) is 17.7 Å². The zero-order valence-electron chi connectivity index (χ0n) is 11.8. The smallest absolute Gasteiger partial charge is 0.258 e. The summed E-state index contributed by atoms with van der Waals surface area (Å²) >= 11 is 0. The maximum Gasteiger partial charge on any atom is 0.258 e. The number of rotatable bonds is 5. The molecular weight excluding hydrogens is 250 g/mol. The van der Waals surface area contributed by atoms with E-state index in [2.05, 4.69) is 31.3 Å². The predicted molar refractivity (Wildman–Crippen MR) is 79.8 cm³/mol. The lowest BCUT2D eigenvalue weighted by Gasteiger charge is -2.11. The molecule has 0 aromatic heterocycles. The van der Waals surface area contributed by atoms with E-state index in [0.29, 0.717) is 11.1 Å². The van der Waals surface area contributed by atoms with Gasteiger partial charge in [0.2, 0.25) is 0 Å². The molecule has 1 aliphatic heterocycles. The first-order valence-electron chi connectivity index (χ1n) is 7.00. The molecule has 0 saturated heterocycles. The normalized spacial score (nSPS) is 15.9. The molecular formula is C17H19NO2. The van der Waals surface area contributed by atoms with Gasteiger partial charge >= 0.3 is 0 Å². The van der Waals surface area contributed by atoms with Crippen LogP contribution in [0.15, 0.2) is 42.5 Å². The van der Waals surface area contributed by atoms with Gasteiger partial charge < -0.3 is 0 Å². The Kier molecular flexibility index (Phi) is 4.51. The summed E-state index contributed by atoms with van der Waals surface area (Å²) in [5, 5.41) is 2.32. The van der Waals surface area contributed by atoms with Crippen molar-refractivity contribution < 1.29 is 9.59 Å². The van der Waals surface area contributed by atoms with Crippen molar-refractivity contribution >= 4 is 11.8 Å². The molecule has 3 nitrogen and oxygen atoms in total. The van der Waals surface area contributed by atoms with Gasteiger partial charge in [-0.05, 0) is 30.5 Å². The maximum absolute atomic E-state index is 11.7. The van der Waals surface area contributed by atoms with Crippen molar-refractivity contribution in [1.29, 1.82) is 0 Å². The van der Waals surface area contributed by atoms with Gasteiger partial charge in [0.25, 0.3) is 11.8 Å². The Morgan fingerprint density at radius 2 is 1.85 bits per heavy atom. The second kappa shape index (κ2) is 6.33. The molecule has 1 atom stereocenters. The molecule has 2 rings (SSSR count). The highest BCUT2D eigenvalue weighted by Crippen LogP contribution is 2.25. The number of benzene rings is 1. The van der Waals surface area contributed by atoms with Crippen molar-refractivity contribution in [3.05, 3.63) is 59.2 Å². The molecule has 0 saturated carbocycles. The van der Waals surface area contributed by atoms with E-state index in [1.807, 2.05) is 24.3 Å². The lowest BCUT2D eigenvalue weighted by atomic mass is 9.93. The van der Waals surface area contributed by atoms with Crippen LogP contribution in [-0.2, 0) is 0 Å². The van der Waals surface area contributed by atoms with E-state index in [1.165, 1.54) is 0 Å². The molecule has 1 aromatic rings. The molecule has 0 bridgehead atoms. The Hall–Kier alpha value is -2.16. The Balaban J connectivity index is 2.26. The zero-order valence-corrected chi connectivity index (χ0v) is 11.8. The lowest BCUT2D eigenvalue weighted by Crippen LogP contribution is -2.19. The number of amides is 2. The average molecular weight is 269 g/mol. The van der Waals surface area contributed by atoms with Crippen LogP contribution in [0.5, 0.6) is 0 Å². The molecule has 0 fully saturated rings. The van der Waals surface area contributed by atoms with E-state index >= 15 is 0 Å². The monoisotopic (exact) mass is 269 g/mol. The third kappa shape index (κ3) is 2.87. The van der Waals surface area contributed by atoms with Crippen LogP contribution in [0.25, 0.3) is 0 Å². The van der Waals surface area contributed by atoms with Crippen molar-refractivity contribution in [2.45, 2.75) is 32.6 Å². The summed E-state index contributed by atoms with van der Waals surface area (Å²) in [4.78, 5) is 23.2. The summed E-state index contributed by atoms with van der Waals surface area (Å²) in [5.41, 5.74) is 2.03. The topological polar surface area (TPSA) is 46.2 Å². The van der Waals surface area contributed by atoms with Crippen LogP contribution in [-0.4, -0.2) is 11.8 Å². The summed E-state index contributed by atoms with van der Waals surface area (Å²) < 4.78 is 0. The third-order valence-electron chi connectivity index (χ3n) is 3.45. The summed E-state index contributed by atoms with van der Waals surface area (Å²) in [5.74, 6) is -0.340. The molecule has 20 heavy (non-hydrogen) atoms. The molecule has 0 spiro atoms. The van der Waals surface area contributed by atoms with Gasteiger partial charge in [-0.25, -0.2) is 0 Å². The lowest BCUT2D eigenvalue weighted by molar-refractivity contribution is 0.0879. The number of carbonyl (C=O) groups excluding carboxylic acids is 2. The van der Waals surface area contributed by atoms with Gasteiger partial charge in [-0.1, -0.05) is 44.2 Å². The minimum absolute atomic E-state index is 0.255. The van der Waals surface area contributed by atoms with Gasteiger partial charge in [-0.2, -0.15) is 0 Å². The molecule has 2 amide bonds. The Labute approximate surface area is 119 Å². The fraction of sp³-hybridized carbons (Fsp3) is 0.294. The second-order valence-corrected chi connectivity index (χ2v) is 4.82. The molecule has 104 valence electrons. The van der Waals surface area contributed by atoms with Crippen LogP contribution in [0.2, 0.25) is 0 Å². The summed E-state index contributed by atoms with van der Waals surface area (Å²) in [6, 6.07) is 5.50. The minimum Gasteiger partial charge on any atom is -0.288 e. The fourth-order valence-corrected chi connectivity index (χ4v) is 2.31. The summed E-state index contributed by atoms with van der Waals surface area (Å²) in [6.45, 7) is 4.20. The van der Waals surface area contributed by atoms with Crippen molar-refractivity contribution in [3.8, 4) is 0 Å². The summed E-state index contributed by atoms with van der Waals surface area (Å²) in [7, 11) is 0. The standard InChI is InChI=1S/C17H19NO2/c1-3-5-6-7-8-12(4-2)13-9-10-14-15(11-13)17(20)18-16(14)19/h5-12H,3-4H2,1-2H3,(H,18,19,20)/b6-5+,8-7+. The van der Waals surface area contributed by atoms with Crippen LogP contribution in [0, 0.1) is 0 Å². The molecule has 1 unspecified atom stereocenters. The van der Waals surface area contributed by atoms with E-state index in [4.69, 9.17) is 0 Å². The zero-order chi connectivity index (χ0) is 14.5. The largest absolute Gasteiger partial charge is 0.288 e. The number of nitrogens with one attached hydrogen (secondary N) is 1. The number of hydrogen-bond donors (Lipinski definition) is 1. The molecule has 1 heterocycles. The van der Waals surface area contributed by atoms with Gasteiger partial charge in [0.15, 0.2) is 0 Å². The quantitative estimate of drug-likeness (QED) is 0.656. The van der Waals surface area contributed by atoms with E-state index in [9.17, 15) is 9.59 Å². The Bertz CT molecular complexity index is 585. The van der Waals surface area contributed by atoms with Gasteiger partial charge in [0.1, 0.15) is 0 Å². The van der Waals surface area contributed by atoms with Crippen LogP contribution in [0.1, 0.15) is 58.9 Å². The highest BCUT2D eigenvalue weighted by atomic mass is 16.2. The maximum atomic E-state index is 11.7. The molecule has 0 radical (unpaired) electrons. The third-order valence-corrected chi connectivity index (χ3v) is 3.45. The first-order valence-corrected chi connectivity index (χ1v) is 7.00. The van der Waals surface area contributed by atoms with Crippen LogP contribution in [0.4, 0.5) is 0 Å². The summed E-state index contributed by atoms with van der Waals surface area (Å²) in [6.07, 6.45) is 10.3. The average Bonchev–Trinajstić information content (AvgIpc) is 2.74. The molecule has 1 aliphatic rings. The molecule has 0 aliphatic carbocycles. The number of hydrogen-bond acceptors (Lipinski definition) is 2. The van der Waals surface area contributed by atoms with Crippen molar-refractivity contribution in [2.24, 2.45) is 0 Å². The van der Waals surface area contributed by atoms with Gasteiger partial charge in [-0.15, -0.1) is 0 Å². The Morgan fingerprint density at radius 3 is 2.55 bits per heavy atom. The SMILES string of the molecule is CC/C=C/C=C/C(CC)c1ccc2c(c1)C(=O)NC2=O. The fourth-order valence-electron chi connectivity index (χ4n) is 2.31. The van der Waals surface area contributed by atoms with E-state index < -0.39 is 0 Å². The van der Waals surface area contributed by atoms with Crippen molar-refractivity contribution in [1.82, 2.24) is 5.32 Å². The Morgan fingerprint density at radius 1 is 1.10 bits per heavy atom. The van der Waals surface area contributed by atoms with Crippen molar-refractivity contribution in [3.63, 3.8) is 0 Å². The molecule has 1 N–H and O–H groups in total. The van der Waals surface area contributed by atoms with Gasteiger partial charge in [-0.3, -0.25) is 14.9 Å².